The summed E-state index contributed by atoms with van der Waals surface area (Å²) in [7, 11) is 0. The van der Waals surface area contributed by atoms with Crippen molar-refractivity contribution in [2.75, 3.05) is 16.9 Å². The van der Waals surface area contributed by atoms with Gasteiger partial charge in [0.25, 0.3) is 5.56 Å². The molecule has 0 radical (unpaired) electrons. The maximum atomic E-state index is 11.9. The normalized spacial score (nSPS) is 15.0. The average molecular weight is 346 g/mol. The van der Waals surface area contributed by atoms with Gasteiger partial charge in [-0.15, -0.1) is 0 Å². The number of hydrazone groups is 1. The first-order valence-corrected chi connectivity index (χ1v) is 7.88. The lowest BCUT2D eigenvalue weighted by Gasteiger charge is -2.16. The Morgan fingerprint density at radius 2 is 2.25 bits per heavy atom. The molecule has 1 aromatic heterocycles. The van der Waals surface area contributed by atoms with Crippen LogP contribution in [0.4, 0.5) is 11.4 Å². The highest BCUT2D eigenvalue weighted by Crippen LogP contribution is 2.22. The minimum absolute atomic E-state index is 0.00189. The van der Waals surface area contributed by atoms with Crippen molar-refractivity contribution in [1.29, 1.82) is 0 Å². The number of carbonyl (C=O) groups excluding carboxylic acids is 1. The first-order chi connectivity index (χ1) is 11.6. The van der Waals surface area contributed by atoms with Crippen LogP contribution in [0, 0.1) is 0 Å². The number of aromatic amines is 1. The number of H-pyrrole nitrogens is 1. The van der Waals surface area contributed by atoms with Gasteiger partial charge in [-0.1, -0.05) is 23.7 Å². The quantitative estimate of drug-likeness (QED) is 0.657. The van der Waals surface area contributed by atoms with Gasteiger partial charge in [-0.3, -0.25) is 15.0 Å². The Hall–Kier alpha value is -2.67. The zero-order valence-corrected chi connectivity index (χ0v) is 13.8. The van der Waals surface area contributed by atoms with E-state index < -0.39 is 5.56 Å². The Bertz CT molecular complexity index is 862. The highest BCUT2D eigenvalue weighted by Gasteiger charge is 2.21. The lowest BCUT2D eigenvalue weighted by atomic mass is 10.1. The van der Waals surface area contributed by atoms with Crippen LogP contribution in [0.5, 0.6) is 0 Å². The molecule has 1 aliphatic rings. The summed E-state index contributed by atoms with van der Waals surface area (Å²) in [6.07, 6.45) is 2.86. The minimum atomic E-state index is -0.482. The van der Waals surface area contributed by atoms with Gasteiger partial charge < -0.3 is 4.90 Å². The van der Waals surface area contributed by atoms with Crippen molar-refractivity contribution in [3.05, 3.63) is 51.4 Å². The van der Waals surface area contributed by atoms with E-state index in [1.807, 2.05) is 31.2 Å². The fourth-order valence-electron chi connectivity index (χ4n) is 2.49. The zero-order chi connectivity index (χ0) is 17.1. The molecule has 1 saturated heterocycles. The second kappa shape index (κ2) is 6.84. The predicted octanol–water partition coefficient (Wildman–Crippen LogP) is 2.39. The summed E-state index contributed by atoms with van der Waals surface area (Å²) < 4.78 is 0. The number of amides is 1. The van der Waals surface area contributed by atoms with E-state index in [4.69, 9.17) is 11.6 Å². The van der Waals surface area contributed by atoms with Gasteiger partial charge in [-0.25, -0.2) is 5.10 Å². The maximum Gasteiger partial charge on any atom is 0.285 e. The molecule has 0 aliphatic carbocycles. The van der Waals surface area contributed by atoms with E-state index in [1.54, 1.807) is 4.90 Å². The van der Waals surface area contributed by atoms with Crippen molar-refractivity contribution < 1.29 is 4.79 Å². The maximum absolute atomic E-state index is 11.9. The van der Waals surface area contributed by atoms with E-state index in [0.29, 0.717) is 17.8 Å². The molecule has 8 heteroatoms. The standard InChI is InChI=1S/C16H16ClN5O2/c1-10(19-20-13-9-18-21-16(24)15(13)17)11-4-2-5-12(8-11)22-7-3-6-14(22)23/h2,4-5,8-9H,3,6-7H2,1H3,(H2,20,21,24)/b19-10-. The van der Waals surface area contributed by atoms with Crippen LogP contribution in [0.25, 0.3) is 0 Å². The van der Waals surface area contributed by atoms with Crippen molar-refractivity contribution in [2.24, 2.45) is 5.10 Å². The molecular formula is C16H16ClN5O2. The largest absolute Gasteiger partial charge is 0.312 e. The number of nitrogens with one attached hydrogen (secondary N) is 2. The second-order valence-corrected chi connectivity index (χ2v) is 5.81. The first-order valence-electron chi connectivity index (χ1n) is 7.50. The molecule has 0 unspecified atom stereocenters. The Balaban J connectivity index is 1.82. The molecule has 0 spiro atoms. The van der Waals surface area contributed by atoms with Crippen LogP contribution >= 0.6 is 11.6 Å². The number of benzene rings is 1. The Kier molecular flexibility index (Phi) is 4.61. The Morgan fingerprint density at radius 3 is 3.00 bits per heavy atom. The summed E-state index contributed by atoms with van der Waals surface area (Å²) in [4.78, 5) is 25.0. The number of nitrogens with zero attached hydrogens (tertiary/aromatic N) is 3. The Morgan fingerprint density at radius 1 is 1.42 bits per heavy atom. The minimum Gasteiger partial charge on any atom is -0.312 e. The van der Waals surface area contributed by atoms with Crippen LogP contribution in [0.15, 0.2) is 40.4 Å². The lowest BCUT2D eigenvalue weighted by Crippen LogP contribution is -2.23. The van der Waals surface area contributed by atoms with Crippen molar-refractivity contribution in [3.8, 4) is 0 Å². The van der Waals surface area contributed by atoms with Crippen LogP contribution in [-0.2, 0) is 4.79 Å². The highest BCUT2D eigenvalue weighted by molar-refractivity contribution is 6.32. The molecule has 124 valence electrons. The van der Waals surface area contributed by atoms with Gasteiger partial charge in [0.15, 0.2) is 0 Å². The van der Waals surface area contributed by atoms with E-state index in [2.05, 4.69) is 20.7 Å². The molecule has 2 aromatic rings. The lowest BCUT2D eigenvalue weighted by molar-refractivity contribution is -0.117. The molecule has 2 heterocycles. The summed E-state index contributed by atoms with van der Waals surface area (Å²) in [5.41, 5.74) is 5.01. The molecule has 1 aromatic carbocycles. The van der Waals surface area contributed by atoms with Crippen molar-refractivity contribution in [2.45, 2.75) is 19.8 Å². The molecule has 1 aliphatic heterocycles. The summed E-state index contributed by atoms with van der Waals surface area (Å²) in [5, 5.41) is 10.1. The number of aromatic nitrogens is 2. The number of anilines is 2. The number of halogens is 1. The molecule has 1 amide bonds. The van der Waals surface area contributed by atoms with Gasteiger partial charge in [0, 0.05) is 18.7 Å². The van der Waals surface area contributed by atoms with Crippen molar-refractivity contribution in [1.82, 2.24) is 10.2 Å². The zero-order valence-electron chi connectivity index (χ0n) is 13.0. The smallest absolute Gasteiger partial charge is 0.285 e. The number of hydrogen-bond acceptors (Lipinski definition) is 5. The molecule has 0 saturated carbocycles. The molecule has 3 rings (SSSR count). The van der Waals surface area contributed by atoms with Crippen LogP contribution in [-0.4, -0.2) is 28.4 Å². The van der Waals surface area contributed by atoms with Crippen molar-refractivity contribution in [3.63, 3.8) is 0 Å². The molecular weight excluding hydrogens is 330 g/mol. The first kappa shape index (κ1) is 16.2. The number of carbonyl (C=O) groups is 1. The SMILES string of the molecule is C/C(=N/Nc1cn[nH]c(=O)c1Cl)c1cccc(N2CCCC2=O)c1. The van der Waals surface area contributed by atoms with Gasteiger partial charge in [0.1, 0.15) is 10.7 Å². The van der Waals surface area contributed by atoms with Crippen LogP contribution in [0.2, 0.25) is 5.02 Å². The third-order valence-electron chi connectivity index (χ3n) is 3.79. The van der Waals surface area contributed by atoms with Gasteiger partial charge in [0.2, 0.25) is 5.91 Å². The van der Waals surface area contributed by atoms with Gasteiger partial charge in [-0.05, 0) is 31.0 Å². The van der Waals surface area contributed by atoms with Crippen LogP contribution in [0.1, 0.15) is 25.3 Å². The highest BCUT2D eigenvalue weighted by atomic mass is 35.5. The Labute approximate surface area is 143 Å². The molecule has 24 heavy (non-hydrogen) atoms. The second-order valence-electron chi connectivity index (χ2n) is 5.44. The number of hydrogen-bond donors (Lipinski definition) is 2. The van der Waals surface area contributed by atoms with Gasteiger partial charge >= 0.3 is 0 Å². The third-order valence-corrected chi connectivity index (χ3v) is 4.16. The number of rotatable bonds is 4. The van der Waals surface area contributed by atoms with Crippen molar-refractivity contribution >= 4 is 34.6 Å². The average Bonchev–Trinajstić information content (AvgIpc) is 3.02. The van der Waals surface area contributed by atoms with E-state index >= 15 is 0 Å². The van der Waals surface area contributed by atoms with Crippen LogP contribution < -0.4 is 15.9 Å². The summed E-state index contributed by atoms with van der Waals surface area (Å²) in [6, 6.07) is 7.62. The van der Waals surface area contributed by atoms with E-state index in [1.165, 1.54) is 6.20 Å². The fourth-order valence-corrected chi connectivity index (χ4v) is 2.62. The predicted molar refractivity (Wildman–Crippen MR) is 93.7 cm³/mol. The summed E-state index contributed by atoms with van der Waals surface area (Å²) in [5.74, 6) is 0.140. The summed E-state index contributed by atoms with van der Waals surface area (Å²) >= 11 is 5.89. The van der Waals surface area contributed by atoms with E-state index in [9.17, 15) is 9.59 Å². The van der Waals surface area contributed by atoms with E-state index in [-0.39, 0.29) is 10.9 Å². The summed E-state index contributed by atoms with van der Waals surface area (Å²) in [6.45, 7) is 2.57. The molecule has 1 fully saturated rings. The third kappa shape index (κ3) is 3.30. The molecule has 0 atom stereocenters. The monoisotopic (exact) mass is 345 g/mol. The molecule has 0 bridgehead atoms. The molecule has 2 N–H and O–H groups in total. The van der Waals surface area contributed by atoms with Crippen LogP contribution in [0.3, 0.4) is 0 Å². The van der Waals surface area contributed by atoms with E-state index in [0.717, 1.165) is 24.2 Å². The fraction of sp³-hybridized carbons (Fsp3) is 0.250. The van der Waals surface area contributed by atoms with Gasteiger partial charge in [0.05, 0.1) is 11.9 Å². The topological polar surface area (TPSA) is 90.4 Å². The molecule has 7 nitrogen and oxygen atoms in total. The van der Waals surface area contributed by atoms with Gasteiger partial charge in [-0.2, -0.15) is 10.2 Å².